The van der Waals surface area contributed by atoms with Crippen molar-refractivity contribution in [2.45, 2.75) is 33.4 Å². The highest BCUT2D eigenvalue weighted by atomic mass is 35.5. The molecule has 0 radical (unpaired) electrons. The van der Waals surface area contributed by atoms with Crippen LogP contribution in [-0.2, 0) is 11.3 Å². The fourth-order valence-corrected chi connectivity index (χ4v) is 1.78. The van der Waals surface area contributed by atoms with Crippen molar-refractivity contribution < 1.29 is 4.79 Å². The predicted molar refractivity (Wildman–Crippen MR) is 68.8 cm³/mol. The summed E-state index contributed by atoms with van der Waals surface area (Å²) in [5.41, 5.74) is 6.68. The molecule has 92 valence electrons. The van der Waals surface area contributed by atoms with Crippen molar-refractivity contribution in [2.24, 2.45) is 11.7 Å². The summed E-state index contributed by atoms with van der Waals surface area (Å²) in [6, 6.07) is -0.439. The summed E-state index contributed by atoms with van der Waals surface area (Å²) in [5.74, 6) is 0.0425. The predicted octanol–water partition coefficient (Wildman–Crippen LogP) is 1.47. The van der Waals surface area contributed by atoms with E-state index in [1.807, 2.05) is 26.2 Å². The lowest BCUT2D eigenvalue weighted by Crippen LogP contribution is -2.43. The minimum Gasteiger partial charge on any atom is -0.348 e. The number of aryl methyl sites for hydroxylation is 1. The van der Waals surface area contributed by atoms with E-state index in [9.17, 15) is 4.79 Å². The summed E-state index contributed by atoms with van der Waals surface area (Å²) in [6.07, 6.45) is 0. The van der Waals surface area contributed by atoms with Gasteiger partial charge in [-0.1, -0.05) is 13.8 Å². The number of hydrogen-bond donors (Lipinski definition) is 2. The topological polar surface area (TPSA) is 68.0 Å². The fourth-order valence-electron chi connectivity index (χ4n) is 1.07. The lowest BCUT2D eigenvalue weighted by Gasteiger charge is -2.14. The molecule has 4 nitrogen and oxygen atoms in total. The number of carbonyl (C=O) groups is 1. The summed E-state index contributed by atoms with van der Waals surface area (Å²) < 4.78 is 0. The van der Waals surface area contributed by atoms with E-state index in [1.54, 1.807) is 11.3 Å². The van der Waals surface area contributed by atoms with Crippen molar-refractivity contribution in [3.63, 3.8) is 0 Å². The summed E-state index contributed by atoms with van der Waals surface area (Å²) in [5, 5.41) is 5.65. The molecular weight excluding hydrogens is 246 g/mol. The molecule has 6 heteroatoms. The Hall–Kier alpha value is -0.650. The molecular formula is C10H18ClN3OS. The van der Waals surface area contributed by atoms with E-state index in [1.165, 1.54) is 0 Å². The number of amides is 1. The number of nitrogens with zero attached hydrogens (tertiary/aromatic N) is 1. The first-order valence-corrected chi connectivity index (χ1v) is 5.83. The number of nitrogens with two attached hydrogens (primary N) is 1. The van der Waals surface area contributed by atoms with Crippen molar-refractivity contribution in [3.8, 4) is 0 Å². The Kier molecular flexibility index (Phi) is 6.55. The average molecular weight is 264 g/mol. The van der Waals surface area contributed by atoms with Crippen LogP contribution in [0.5, 0.6) is 0 Å². The second-order valence-electron chi connectivity index (χ2n) is 3.87. The molecule has 0 spiro atoms. The van der Waals surface area contributed by atoms with Crippen LogP contribution in [0.15, 0.2) is 5.38 Å². The molecule has 0 aromatic carbocycles. The van der Waals surface area contributed by atoms with Crippen molar-refractivity contribution in [1.29, 1.82) is 0 Å². The van der Waals surface area contributed by atoms with E-state index in [0.29, 0.717) is 6.54 Å². The molecule has 0 bridgehead atoms. The first kappa shape index (κ1) is 15.3. The number of carbonyl (C=O) groups excluding carboxylic acids is 1. The van der Waals surface area contributed by atoms with Gasteiger partial charge in [-0.25, -0.2) is 4.98 Å². The van der Waals surface area contributed by atoms with Crippen LogP contribution in [-0.4, -0.2) is 16.9 Å². The average Bonchev–Trinajstić information content (AvgIpc) is 2.59. The van der Waals surface area contributed by atoms with Crippen LogP contribution in [0.25, 0.3) is 0 Å². The smallest absolute Gasteiger partial charge is 0.237 e. The van der Waals surface area contributed by atoms with Gasteiger partial charge in [0.25, 0.3) is 0 Å². The molecule has 1 rings (SSSR count). The van der Waals surface area contributed by atoms with E-state index in [2.05, 4.69) is 10.3 Å². The number of halogens is 1. The van der Waals surface area contributed by atoms with Gasteiger partial charge in [0, 0.05) is 11.1 Å². The minimum atomic E-state index is -0.439. The largest absolute Gasteiger partial charge is 0.348 e. The maximum Gasteiger partial charge on any atom is 0.237 e. The summed E-state index contributed by atoms with van der Waals surface area (Å²) in [7, 11) is 0. The van der Waals surface area contributed by atoms with E-state index < -0.39 is 6.04 Å². The molecule has 3 N–H and O–H groups in total. The third-order valence-corrected chi connectivity index (χ3v) is 3.07. The molecule has 0 unspecified atom stereocenters. The van der Waals surface area contributed by atoms with Crippen molar-refractivity contribution in [1.82, 2.24) is 10.3 Å². The second kappa shape index (κ2) is 6.83. The molecule has 0 aliphatic carbocycles. The Labute approximate surface area is 106 Å². The maximum absolute atomic E-state index is 11.5. The molecule has 0 saturated heterocycles. The highest BCUT2D eigenvalue weighted by Gasteiger charge is 2.16. The van der Waals surface area contributed by atoms with Gasteiger partial charge in [0.1, 0.15) is 5.01 Å². The van der Waals surface area contributed by atoms with Gasteiger partial charge in [-0.15, -0.1) is 23.7 Å². The number of hydrogen-bond acceptors (Lipinski definition) is 4. The van der Waals surface area contributed by atoms with Crippen molar-refractivity contribution in [3.05, 3.63) is 16.1 Å². The molecule has 0 aliphatic heterocycles. The third kappa shape index (κ3) is 4.47. The Morgan fingerprint density at radius 2 is 2.25 bits per heavy atom. The maximum atomic E-state index is 11.5. The summed E-state index contributed by atoms with van der Waals surface area (Å²) in [6.45, 7) is 6.26. The molecule has 1 amide bonds. The van der Waals surface area contributed by atoms with E-state index in [-0.39, 0.29) is 24.2 Å². The SMILES string of the molecule is Cc1csc(CNC(=O)[C@@H](N)C(C)C)n1.Cl. The van der Waals surface area contributed by atoms with Gasteiger partial charge in [0.15, 0.2) is 0 Å². The third-order valence-electron chi connectivity index (χ3n) is 2.10. The highest BCUT2D eigenvalue weighted by Crippen LogP contribution is 2.08. The summed E-state index contributed by atoms with van der Waals surface area (Å²) >= 11 is 1.54. The molecule has 16 heavy (non-hydrogen) atoms. The number of rotatable bonds is 4. The molecule has 1 aromatic rings. The lowest BCUT2D eigenvalue weighted by atomic mass is 10.1. The van der Waals surface area contributed by atoms with Crippen LogP contribution < -0.4 is 11.1 Å². The molecule has 0 aliphatic rings. The number of nitrogens with one attached hydrogen (secondary N) is 1. The zero-order chi connectivity index (χ0) is 11.4. The normalized spacial score (nSPS) is 12.1. The van der Waals surface area contributed by atoms with Gasteiger partial charge in [-0.2, -0.15) is 0 Å². The van der Waals surface area contributed by atoms with Gasteiger partial charge in [-0.3, -0.25) is 4.79 Å². The monoisotopic (exact) mass is 263 g/mol. The van der Waals surface area contributed by atoms with Crippen LogP contribution in [0.3, 0.4) is 0 Å². The Morgan fingerprint density at radius 3 is 2.69 bits per heavy atom. The zero-order valence-electron chi connectivity index (χ0n) is 9.69. The van der Waals surface area contributed by atoms with Gasteiger partial charge in [-0.05, 0) is 12.8 Å². The van der Waals surface area contributed by atoms with Crippen LogP contribution in [0.4, 0.5) is 0 Å². The van der Waals surface area contributed by atoms with E-state index in [4.69, 9.17) is 5.73 Å². The molecule has 0 fully saturated rings. The molecule has 0 saturated carbocycles. The fraction of sp³-hybridized carbons (Fsp3) is 0.600. The number of aromatic nitrogens is 1. The Bertz CT molecular complexity index is 341. The van der Waals surface area contributed by atoms with Crippen LogP contribution in [0.1, 0.15) is 24.5 Å². The van der Waals surface area contributed by atoms with Crippen LogP contribution >= 0.6 is 23.7 Å². The summed E-state index contributed by atoms with van der Waals surface area (Å²) in [4.78, 5) is 15.8. The van der Waals surface area contributed by atoms with Gasteiger partial charge < -0.3 is 11.1 Å². The van der Waals surface area contributed by atoms with Gasteiger partial charge in [0.05, 0.1) is 12.6 Å². The standard InChI is InChI=1S/C10H17N3OS.ClH/c1-6(2)9(11)10(14)12-4-8-13-7(3)5-15-8;/h5-6,9H,4,11H2,1-3H3,(H,12,14);1H/t9-;/m0./s1. The van der Waals surface area contributed by atoms with Crippen LogP contribution in [0, 0.1) is 12.8 Å². The first-order chi connectivity index (χ1) is 7.00. The molecule has 1 atom stereocenters. The van der Waals surface area contributed by atoms with Crippen molar-refractivity contribution >= 4 is 29.7 Å². The Balaban J connectivity index is 0.00000225. The highest BCUT2D eigenvalue weighted by molar-refractivity contribution is 7.09. The van der Waals surface area contributed by atoms with Crippen molar-refractivity contribution in [2.75, 3.05) is 0 Å². The van der Waals surface area contributed by atoms with Crippen LogP contribution in [0.2, 0.25) is 0 Å². The second-order valence-corrected chi connectivity index (χ2v) is 4.81. The van der Waals surface area contributed by atoms with Gasteiger partial charge in [0.2, 0.25) is 5.91 Å². The van der Waals surface area contributed by atoms with E-state index >= 15 is 0 Å². The number of thiazole rings is 1. The molecule has 1 heterocycles. The minimum absolute atomic E-state index is 0. The molecule has 1 aromatic heterocycles. The van der Waals surface area contributed by atoms with Gasteiger partial charge >= 0.3 is 0 Å². The Morgan fingerprint density at radius 1 is 1.62 bits per heavy atom. The quantitative estimate of drug-likeness (QED) is 0.865. The lowest BCUT2D eigenvalue weighted by molar-refractivity contribution is -0.123. The first-order valence-electron chi connectivity index (χ1n) is 4.95. The zero-order valence-corrected chi connectivity index (χ0v) is 11.3. The van der Waals surface area contributed by atoms with E-state index in [0.717, 1.165) is 10.7 Å².